The Kier molecular flexibility index (Phi) is 4.00. The number of benzene rings is 1. The Hall–Kier alpha value is -1.05. The number of hydrogen-bond donors (Lipinski definition) is 2. The van der Waals surface area contributed by atoms with E-state index in [1.54, 1.807) is 4.57 Å². The minimum atomic E-state index is -0.113. The van der Waals surface area contributed by atoms with Gasteiger partial charge in [-0.15, -0.1) is 5.10 Å². The summed E-state index contributed by atoms with van der Waals surface area (Å²) in [5, 5.41) is 10.5. The van der Waals surface area contributed by atoms with E-state index in [1.165, 1.54) is 17.3 Å². The molecule has 2 N–H and O–H groups in total. The van der Waals surface area contributed by atoms with Gasteiger partial charge in [-0.05, 0) is 65.3 Å². The molecular formula is C13H15BrN4OS. The van der Waals surface area contributed by atoms with Crippen molar-refractivity contribution in [3.05, 3.63) is 38.7 Å². The standard InChI is InChI=1S/C13H15BrN4OS/c1-15-7-8-2-5-11(10(14)6-8)20-13-17-16-12(19)18(13)9-3-4-9/h2,5-6,9,15H,3-4,7H2,1H3,(H,16,19). The molecule has 0 atom stereocenters. The first kappa shape index (κ1) is 13.9. The Labute approximate surface area is 129 Å². The van der Waals surface area contributed by atoms with Crippen LogP contribution >= 0.6 is 27.7 Å². The normalized spacial score (nSPS) is 14.7. The summed E-state index contributed by atoms with van der Waals surface area (Å²) in [6.07, 6.45) is 2.13. The smallest absolute Gasteiger partial charge is 0.316 e. The molecule has 3 rings (SSSR count). The Morgan fingerprint density at radius 3 is 3.00 bits per heavy atom. The van der Waals surface area contributed by atoms with E-state index in [2.05, 4.69) is 49.6 Å². The molecule has 0 amide bonds. The van der Waals surface area contributed by atoms with E-state index in [1.807, 2.05) is 7.05 Å². The van der Waals surface area contributed by atoms with Crippen molar-refractivity contribution >= 4 is 27.7 Å². The minimum Gasteiger partial charge on any atom is -0.316 e. The lowest BCUT2D eigenvalue weighted by Crippen LogP contribution is -2.16. The van der Waals surface area contributed by atoms with Gasteiger partial charge in [0, 0.05) is 22.0 Å². The van der Waals surface area contributed by atoms with Gasteiger partial charge in [0.1, 0.15) is 0 Å². The highest BCUT2D eigenvalue weighted by Gasteiger charge is 2.28. The van der Waals surface area contributed by atoms with Crippen molar-refractivity contribution in [2.75, 3.05) is 7.05 Å². The summed E-state index contributed by atoms with van der Waals surface area (Å²) < 4.78 is 2.78. The molecular weight excluding hydrogens is 340 g/mol. The average molecular weight is 355 g/mol. The zero-order valence-corrected chi connectivity index (χ0v) is 13.4. The quantitative estimate of drug-likeness (QED) is 0.865. The van der Waals surface area contributed by atoms with E-state index in [0.717, 1.165) is 33.9 Å². The van der Waals surface area contributed by atoms with Crippen molar-refractivity contribution in [2.45, 2.75) is 35.5 Å². The summed E-state index contributed by atoms with van der Waals surface area (Å²) in [7, 11) is 1.93. The second kappa shape index (κ2) is 5.75. The number of hydrogen-bond acceptors (Lipinski definition) is 4. The molecule has 1 saturated carbocycles. The number of aromatic nitrogens is 3. The van der Waals surface area contributed by atoms with Crippen LogP contribution in [0.3, 0.4) is 0 Å². The first-order chi connectivity index (χ1) is 9.69. The fourth-order valence-electron chi connectivity index (χ4n) is 2.06. The van der Waals surface area contributed by atoms with Crippen molar-refractivity contribution in [3.8, 4) is 0 Å². The molecule has 1 aromatic heterocycles. The molecule has 106 valence electrons. The topological polar surface area (TPSA) is 62.7 Å². The summed E-state index contributed by atoms with van der Waals surface area (Å²) in [6.45, 7) is 0.832. The molecule has 1 fully saturated rings. The molecule has 7 heteroatoms. The summed E-state index contributed by atoms with van der Waals surface area (Å²) in [4.78, 5) is 12.8. The van der Waals surface area contributed by atoms with Crippen LogP contribution in [0.2, 0.25) is 0 Å². The SMILES string of the molecule is CNCc1ccc(Sc2n[nH]c(=O)n2C2CC2)c(Br)c1. The molecule has 0 radical (unpaired) electrons. The molecule has 20 heavy (non-hydrogen) atoms. The van der Waals surface area contributed by atoms with Crippen LogP contribution in [0.1, 0.15) is 24.4 Å². The first-order valence-electron chi connectivity index (χ1n) is 6.47. The highest BCUT2D eigenvalue weighted by molar-refractivity contribution is 9.10. The molecule has 1 aliphatic rings. The Balaban J connectivity index is 1.86. The number of rotatable bonds is 5. The number of halogens is 1. The van der Waals surface area contributed by atoms with Crippen LogP contribution in [0.25, 0.3) is 0 Å². The molecule has 2 aromatic rings. The van der Waals surface area contributed by atoms with Gasteiger partial charge in [0.05, 0.1) is 0 Å². The zero-order chi connectivity index (χ0) is 14.1. The average Bonchev–Trinajstić information content (AvgIpc) is 3.18. The molecule has 0 spiro atoms. The van der Waals surface area contributed by atoms with Gasteiger partial charge in [-0.2, -0.15) is 0 Å². The molecule has 0 bridgehead atoms. The number of nitrogens with zero attached hydrogens (tertiary/aromatic N) is 2. The van der Waals surface area contributed by atoms with Crippen LogP contribution < -0.4 is 11.0 Å². The van der Waals surface area contributed by atoms with Crippen molar-refractivity contribution in [1.82, 2.24) is 20.1 Å². The first-order valence-corrected chi connectivity index (χ1v) is 8.08. The number of nitrogens with one attached hydrogen (secondary N) is 2. The molecule has 1 heterocycles. The molecule has 0 aliphatic heterocycles. The largest absolute Gasteiger partial charge is 0.344 e. The van der Waals surface area contributed by atoms with Crippen LogP contribution in [0, 0.1) is 0 Å². The molecule has 0 saturated heterocycles. The number of H-pyrrole nitrogens is 1. The Morgan fingerprint density at radius 2 is 2.35 bits per heavy atom. The van der Waals surface area contributed by atoms with Crippen LogP contribution in [-0.2, 0) is 6.54 Å². The lowest BCUT2D eigenvalue weighted by Gasteiger charge is -2.07. The summed E-state index contributed by atoms with van der Waals surface area (Å²) in [6, 6.07) is 6.55. The lowest BCUT2D eigenvalue weighted by atomic mass is 10.2. The van der Waals surface area contributed by atoms with Crippen LogP contribution in [-0.4, -0.2) is 21.8 Å². The summed E-state index contributed by atoms with van der Waals surface area (Å²) in [5.41, 5.74) is 1.10. The summed E-state index contributed by atoms with van der Waals surface area (Å²) >= 11 is 5.09. The molecule has 0 unspecified atom stereocenters. The van der Waals surface area contributed by atoms with E-state index in [9.17, 15) is 4.79 Å². The van der Waals surface area contributed by atoms with Gasteiger partial charge < -0.3 is 5.32 Å². The predicted molar refractivity (Wildman–Crippen MR) is 82.1 cm³/mol. The van der Waals surface area contributed by atoms with Crippen molar-refractivity contribution in [3.63, 3.8) is 0 Å². The second-order valence-electron chi connectivity index (χ2n) is 4.81. The van der Waals surface area contributed by atoms with Crippen LogP contribution in [0.4, 0.5) is 0 Å². The van der Waals surface area contributed by atoms with Gasteiger partial charge >= 0.3 is 5.69 Å². The summed E-state index contributed by atoms with van der Waals surface area (Å²) in [5.74, 6) is 0. The number of aromatic amines is 1. The monoisotopic (exact) mass is 354 g/mol. The van der Waals surface area contributed by atoms with Crippen molar-refractivity contribution < 1.29 is 0 Å². The van der Waals surface area contributed by atoms with Crippen LogP contribution in [0.5, 0.6) is 0 Å². The van der Waals surface area contributed by atoms with E-state index < -0.39 is 0 Å². The molecule has 1 aliphatic carbocycles. The fraction of sp³-hybridized carbons (Fsp3) is 0.385. The van der Waals surface area contributed by atoms with E-state index >= 15 is 0 Å². The van der Waals surface area contributed by atoms with Crippen molar-refractivity contribution in [1.29, 1.82) is 0 Å². The maximum absolute atomic E-state index is 11.7. The third kappa shape index (κ3) is 2.84. The van der Waals surface area contributed by atoms with Crippen LogP contribution in [0.15, 0.2) is 37.5 Å². The Morgan fingerprint density at radius 1 is 1.55 bits per heavy atom. The van der Waals surface area contributed by atoms with Crippen molar-refractivity contribution in [2.24, 2.45) is 0 Å². The van der Waals surface area contributed by atoms with E-state index in [-0.39, 0.29) is 5.69 Å². The van der Waals surface area contributed by atoms with Gasteiger partial charge in [-0.1, -0.05) is 6.07 Å². The molecule has 1 aromatic carbocycles. The van der Waals surface area contributed by atoms with Gasteiger partial charge in [0.15, 0.2) is 5.16 Å². The zero-order valence-electron chi connectivity index (χ0n) is 11.0. The van der Waals surface area contributed by atoms with Gasteiger partial charge in [0.2, 0.25) is 0 Å². The highest BCUT2D eigenvalue weighted by Crippen LogP contribution is 2.39. The van der Waals surface area contributed by atoms with Gasteiger partial charge in [-0.3, -0.25) is 4.57 Å². The third-order valence-electron chi connectivity index (χ3n) is 3.16. The van der Waals surface area contributed by atoms with Gasteiger partial charge in [-0.25, -0.2) is 9.89 Å². The van der Waals surface area contributed by atoms with Gasteiger partial charge in [0.25, 0.3) is 0 Å². The fourth-order valence-corrected chi connectivity index (χ4v) is 3.64. The van der Waals surface area contributed by atoms with E-state index in [0.29, 0.717) is 6.04 Å². The third-order valence-corrected chi connectivity index (χ3v) is 5.13. The predicted octanol–water partition coefficient (Wildman–Crippen LogP) is 2.54. The van der Waals surface area contributed by atoms with E-state index in [4.69, 9.17) is 0 Å². The highest BCUT2D eigenvalue weighted by atomic mass is 79.9. The second-order valence-corrected chi connectivity index (χ2v) is 6.67. The minimum absolute atomic E-state index is 0.113. The molecule has 5 nitrogen and oxygen atoms in total. The maximum atomic E-state index is 11.7. The Bertz CT molecular complexity index is 677. The lowest BCUT2D eigenvalue weighted by molar-refractivity contribution is 0.642. The maximum Gasteiger partial charge on any atom is 0.344 e.